The average molecular weight is 512 g/mol. The standard InChI is InChI=1S/C18H29FN4O2S.HI/c1-4-20-18(21-7-8-23-9-11-26(24,25)12-10-23)22-15(3)16-6-5-14(2)17(19)13-16;/h5-6,13,15H,4,7-12H2,1-3H3,(H2,20,21,22);1H. The Morgan fingerprint density at radius 1 is 1.33 bits per heavy atom. The van der Waals surface area contributed by atoms with Crippen molar-refractivity contribution in [2.24, 2.45) is 4.99 Å². The maximum atomic E-state index is 13.8. The minimum Gasteiger partial charge on any atom is -0.357 e. The summed E-state index contributed by atoms with van der Waals surface area (Å²) in [5, 5.41) is 6.48. The third-order valence-electron chi connectivity index (χ3n) is 4.52. The normalized spacial score (nSPS) is 18.4. The van der Waals surface area contributed by atoms with Crippen molar-refractivity contribution in [2.45, 2.75) is 26.8 Å². The van der Waals surface area contributed by atoms with E-state index in [9.17, 15) is 12.8 Å². The van der Waals surface area contributed by atoms with Gasteiger partial charge in [-0.2, -0.15) is 0 Å². The van der Waals surface area contributed by atoms with Crippen LogP contribution >= 0.6 is 24.0 Å². The van der Waals surface area contributed by atoms with Crippen LogP contribution in [0.15, 0.2) is 23.2 Å². The van der Waals surface area contributed by atoms with Gasteiger partial charge in [0.1, 0.15) is 5.82 Å². The minimum absolute atomic E-state index is 0. The minimum atomic E-state index is -2.85. The van der Waals surface area contributed by atoms with Crippen molar-refractivity contribution in [3.8, 4) is 0 Å². The molecule has 1 saturated heterocycles. The summed E-state index contributed by atoms with van der Waals surface area (Å²) in [5.41, 5.74) is 1.49. The molecule has 0 aromatic heterocycles. The molecule has 27 heavy (non-hydrogen) atoms. The predicted molar refractivity (Wildman–Crippen MR) is 119 cm³/mol. The molecule has 9 heteroatoms. The van der Waals surface area contributed by atoms with E-state index < -0.39 is 9.84 Å². The van der Waals surface area contributed by atoms with Crippen molar-refractivity contribution in [3.63, 3.8) is 0 Å². The molecule has 1 aromatic carbocycles. The molecule has 0 amide bonds. The summed E-state index contributed by atoms with van der Waals surface area (Å²) in [6.45, 7) is 8.86. The van der Waals surface area contributed by atoms with Crippen LogP contribution < -0.4 is 10.6 Å². The lowest BCUT2D eigenvalue weighted by Crippen LogP contribution is -2.42. The average Bonchev–Trinajstić information content (AvgIpc) is 2.59. The van der Waals surface area contributed by atoms with E-state index in [2.05, 4.69) is 20.5 Å². The first-order valence-electron chi connectivity index (χ1n) is 9.04. The zero-order valence-electron chi connectivity index (χ0n) is 16.2. The van der Waals surface area contributed by atoms with Crippen LogP contribution in [-0.4, -0.2) is 63.5 Å². The molecule has 1 unspecified atom stereocenters. The van der Waals surface area contributed by atoms with E-state index in [1.54, 1.807) is 19.1 Å². The first kappa shape index (κ1) is 24.1. The van der Waals surface area contributed by atoms with Crippen LogP contribution in [0.2, 0.25) is 0 Å². The summed E-state index contributed by atoms with van der Waals surface area (Å²) >= 11 is 0. The summed E-state index contributed by atoms with van der Waals surface area (Å²) in [5.74, 6) is 0.916. The van der Waals surface area contributed by atoms with Gasteiger partial charge in [0.25, 0.3) is 0 Å². The van der Waals surface area contributed by atoms with Gasteiger partial charge in [-0.25, -0.2) is 12.8 Å². The van der Waals surface area contributed by atoms with Gasteiger partial charge < -0.3 is 10.6 Å². The van der Waals surface area contributed by atoms with Crippen LogP contribution in [0.5, 0.6) is 0 Å². The molecule has 2 N–H and O–H groups in total. The highest BCUT2D eigenvalue weighted by Crippen LogP contribution is 2.16. The lowest BCUT2D eigenvalue weighted by Gasteiger charge is -2.26. The van der Waals surface area contributed by atoms with Crippen LogP contribution in [0.25, 0.3) is 0 Å². The van der Waals surface area contributed by atoms with Gasteiger partial charge in [0.2, 0.25) is 0 Å². The molecule has 0 bridgehead atoms. The molecule has 0 aliphatic carbocycles. The van der Waals surface area contributed by atoms with E-state index in [-0.39, 0.29) is 47.3 Å². The fourth-order valence-corrected chi connectivity index (χ4v) is 4.04. The molecule has 0 saturated carbocycles. The van der Waals surface area contributed by atoms with Crippen molar-refractivity contribution >= 4 is 39.8 Å². The Kier molecular flexibility index (Phi) is 9.96. The fourth-order valence-electron chi connectivity index (χ4n) is 2.76. The fraction of sp³-hybridized carbons (Fsp3) is 0.611. The van der Waals surface area contributed by atoms with Gasteiger partial charge in [0.05, 0.1) is 24.1 Å². The van der Waals surface area contributed by atoms with Gasteiger partial charge in [-0.3, -0.25) is 9.89 Å². The van der Waals surface area contributed by atoms with Gasteiger partial charge >= 0.3 is 0 Å². The van der Waals surface area contributed by atoms with E-state index in [4.69, 9.17) is 0 Å². The molecule has 0 spiro atoms. The summed E-state index contributed by atoms with van der Waals surface area (Å²) < 4.78 is 36.7. The number of aryl methyl sites for hydroxylation is 1. The van der Waals surface area contributed by atoms with Gasteiger partial charge in [-0.05, 0) is 38.0 Å². The Labute approximate surface area is 178 Å². The van der Waals surface area contributed by atoms with Gasteiger partial charge in [-0.1, -0.05) is 12.1 Å². The predicted octanol–water partition coefficient (Wildman–Crippen LogP) is 2.10. The lowest BCUT2D eigenvalue weighted by molar-refractivity contribution is 0.304. The number of benzene rings is 1. The summed E-state index contributed by atoms with van der Waals surface area (Å²) in [4.78, 5) is 6.68. The molecule has 1 heterocycles. The van der Waals surface area contributed by atoms with Gasteiger partial charge in [0, 0.05) is 26.2 Å². The van der Waals surface area contributed by atoms with Crippen molar-refractivity contribution in [3.05, 3.63) is 35.1 Å². The monoisotopic (exact) mass is 512 g/mol. The second kappa shape index (κ2) is 11.2. The molecule has 1 fully saturated rings. The second-order valence-corrected chi connectivity index (χ2v) is 8.93. The van der Waals surface area contributed by atoms with E-state index in [1.807, 2.05) is 19.9 Å². The molecule has 1 aliphatic heterocycles. The third-order valence-corrected chi connectivity index (χ3v) is 6.13. The Balaban J connectivity index is 0.00000364. The zero-order valence-corrected chi connectivity index (χ0v) is 19.3. The molecule has 154 valence electrons. The van der Waals surface area contributed by atoms with E-state index in [1.165, 1.54) is 0 Å². The summed E-state index contributed by atoms with van der Waals surface area (Å²) in [6, 6.07) is 5.15. The Bertz CT molecular complexity index is 729. The quantitative estimate of drug-likeness (QED) is 0.347. The molecular weight excluding hydrogens is 482 g/mol. The molecule has 1 aromatic rings. The smallest absolute Gasteiger partial charge is 0.191 e. The largest absolute Gasteiger partial charge is 0.357 e. The number of nitrogens with one attached hydrogen (secondary N) is 2. The van der Waals surface area contributed by atoms with Gasteiger partial charge in [0.15, 0.2) is 15.8 Å². The van der Waals surface area contributed by atoms with Crippen molar-refractivity contribution < 1.29 is 12.8 Å². The van der Waals surface area contributed by atoms with Crippen LogP contribution in [0.4, 0.5) is 4.39 Å². The second-order valence-electron chi connectivity index (χ2n) is 6.63. The molecule has 1 atom stereocenters. The number of sulfone groups is 1. The first-order chi connectivity index (χ1) is 12.3. The highest BCUT2D eigenvalue weighted by molar-refractivity contribution is 14.0. The molecule has 0 radical (unpaired) electrons. The Morgan fingerprint density at radius 2 is 2.00 bits per heavy atom. The highest BCUT2D eigenvalue weighted by Gasteiger charge is 2.20. The first-order valence-corrected chi connectivity index (χ1v) is 10.9. The number of hydrogen-bond donors (Lipinski definition) is 2. The van der Waals surface area contributed by atoms with E-state index >= 15 is 0 Å². The van der Waals surface area contributed by atoms with E-state index in [0.717, 1.165) is 18.7 Å². The van der Waals surface area contributed by atoms with Crippen molar-refractivity contribution in [1.29, 1.82) is 0 Å². The number of nitrogens with zero attached hydrogens (tertiary/aromatic N) is 2. The Morgan fingerprint density at radius 3 is 2.59 bits per heavy atom. The maximum Gasteiger partial charge on any atom is 0.191 e. The van der Waals surface area contributed by atoms with Crippen LogP contribution in [0, 0.1) is 12.7 Å². The van der Waals surface area contributed by atoms with Crippen LogP contribution in [0.3, 0.4) is 0 Å². The number of aliphatic imine (C=N–C) groups is 1. The summed E-state index contributed by atoms with van der Waals surface area (Å²) in [6.07, 6.45) is 0. The molecule has 2 rings (SSSR count). The number of rotatable bonds is 6. The Hall–Kier alpha value is -0.940. The van der Waals surface area contributed by atoms with Crippen molar-refractivity contribution in [2.75, 3.05) is 44.2 Å². The lowest BCUT2D eigenvalue weighted by atomic mass is 10.1. The van der Waals surface area contributed by atoms with Crippen LogP contribution in [0.1, 0.15) is 31.0 Å². The molecule has 1 aliphatic rings. The molecular formula is C18H30FIN4O2S. The maximum absolute atomic E-state index is 13.8. The number of guanidine groups is 1. The van der Waals surface area contributed by atoms with E-state index in [0.29, 0.717) is 31.2 Å². The highest BCUT2D eigenvalue weighted by atomic mass is 127. The number of halogens is 2. The molecule has 6 nitrogen and oxygen atoms in total. The third kappa shape index (κ3) is 7.90. The summed E-state index contributed by atoms with van der Waals surface area (Å²) in [7, 11) is -2.85. The SMILES string of the molecule is CCNC(=NCCN1CCS(=O)(=O)CC1)NC(C)c1ccc(C)c(F)c1.I. The van der Waals surface area contributed by atoms with Gasteiger partial charge in [-0.15, -0.1) is 24.0 Å². The van der Waals surface area contributed by atoms with Crippen molar-refractivity contribution in [1.82, 2.24) is 15.5 Å². The topological polar surface area (TPSA) is 73.8 Å². The zero-order chi connectivity index (χ0) is 19.2. The number of hydrogen-bond acceptors (Lipinski definition) is 4. The van der Waals surface area contributed by atoms with Crippen LogP contribution in [-0.2, 0) is 9.84 Å².